The zero-order valence-electron chi connectivity index (χ0n) is 16.2. The fourth-order valence-corrected chi connectivity index (χ4v) is 2.59. The second-order valence-electron chi connectivity index (χ2n) is 6.32. The lowest BCUT2D eigenvalue weighted by atomic mass is 10.1. The summed E-state index contributed by atoms with van der Waals surface area (Å²) in [5, 5.41) is 25.7. The van der Waals surface area contributed by atoms with Gasteiger partial charge >= 0.3 is 5.69 Å². The molecule has 11 heteroatoms. The molecule has 3 aromatic rings. The van der Waals surface area contributed by atoms with Crippen LogP contribution >= 0.6 is 0 Å². The molecule has 1 aromatic heterocycles. The van der Waals surface area contributed by atoms with Crippen LogP contribution < -0.4 is 10.2 Å². The normalized spacial score (nSPS) is 10.7. The molecule has 1 heterocycles. The van der Waals surface area contributed by atoms with E-state index in [0.717, 1.165) is 0 Å². The summed E-state index contributed by atoms with van der Waals surface area (Å²) in [6, 6.07) is 13.6. The zero-order valence-corrected chi connectivity index (χ0v) is 16.2. The molecule has 158 valence electrons. The van der Waals surface area contributed by atoms with E-state index in [1.165, 1.54) is 30.5 Å². The average Bonchev–Trinajstić information content (AvgIpc) is 3.21. The number of rotatable bonds is 8. The van der Waals surface area contributed by atoms with E-state index in [9.17, 15) is 25.0 Å². The quantitative estimate of drug-likeness (QED) is 0.330. The van der Waals surface area contributed by atoms with Crippen molar-refractivity contribution in [3.8, 4) is 17.1 Å². The highest BCUT2D eigenvalue weighted by Gasteiger charge is 2.16. The highest BCUT2D eigenvalue weighted by Crippen LogP contribution is 2.27. The highest BCUT2D eigenvalue weighted by molar-refractivity contribution is 5.81. The molecule has 0 spiro atoms. The Morgan fingerprint density at radius 3 is 2.68 bits per heavy atom. The van der Waals surface area contributed by atoms with E-state index in [1.807, 2.05) is 0 Å². The van der Waals surface area contributed by atoms with E-state index in [1.54, 1.807) is 37.3 Å². The molecule has 0 bridgehead atoms. The van der Waals surface area contributed by atoms with E-state index < -0.39 is 22.4 Å². The Morgan fingerprint density at radius 1 is 1.13 bits per heavy atom. The number of ether oxygens (including phenoxy) is 1. The Labute approximate surface area is 175 Å². The minimum absolute atomic E-state index is 0.0256. The second kappa shape index (κ2) is 9.31. The molecule has 2 aromatic carbocycles. The Hall–Kier alpha value is -4.54. The van der Waals surface area contributed by atoms with Crippen LogP contribution in [0.25, 0.3) is 11.3 Å². The maximum atomic E-state index is 11.9. The summed E-state index contributed by atoms with van der Waals surface area (Å²) in [5.41, 5.74) is 3.13. The second-order valence-corrected chi connectivity index (χ2v) is 6.32. The van der Waals surface area contributed by atoms with Gasteiger partial charge in [-0.3, -0.25) is 25.0 Å². The van der Waals surface area contributed by atoms with Crippen molar-refractivity contribution in [1.29, 1.82) is 0 Å². The van der Waals surface area contributed by atoms with E-state index >= 15 is 0 Å². The van der Waals surface area contributed by atoms with E-state index in [4.69, 9.17) is 9.15 Å². The summed E-state index contributed by atoms with van der Waals surface area (Å²) < 4.78 is 10.7. The summed E-state index contributed by atoms with van der Waals surface area (Å²) in [7, 11) is 0. The number of hydrogen-bond acceptors (Lipinski definition) is 8. The third kappa shape index (κ3) is 5.50. The van der Waals surface area contributed by atoms with E-state index in [-0.39, 0.29) is 17.1 Å². The topological polar surface area (TPSA) is 150 Å². The molecule has 0 unspecified atom stereocenters. The van der Waals surface area contributed by atoms with Crippen molar-refractivity contribution >= 4 is 23.5 Å². The molecule has 0 atom stereocenters. The number of carbonyl (C=O) groups excluding carboxylic acids is 1. The first-order valence-corrected chi connectivity index (χ1v) is 8.88. The monoisotopic (exact) mass is 424 g/mol. The SMILES string of the molecule is Cc1ccc(OCC(=O)NN=Cc2ccc(-c3cccc([N+](=O)[O-])c3)o2)c([N+](=O)[O-])c1. The van der Waals surface area contributed by atoms with Crippen molar-refractivity contribution in [1.82, 2.24) is 5.43 Å². The number of hydrazone groups is 1. The average molecular weight is 424 g/mol. The van der Waals surface area contributed by atoms with Gasteiger partial charge in [0.1, 0.15) is 11.5 Å². The van der Waals surface area contributed by atoms with Gasteiger partial charge in [-0.15, -0.1) is 0 Å². The zero-order chi connectivity index (χ0) is 22.4. The predicted octanol–water partition coefficient (Wildman–Crippen LogP) is 3.60. The Balaban J connectivity index is 1.57. The minimum Gasteiger partial charge on any atom is -0.477 e. The third-order valence-corrected chi connectivity index (χ3v) is 4.02. The van der Waals surface area contributed by atoms with E-state index in [0.29, 0.717) is 22.6 Å². The molecule has 1 amide bonds. The molecule has 3 rings (SSSR count). The Bertz CT molecular complexity index is 1170. The minimum atomic E-state index is -0.628. The smallest absolute Gasteiger partial charge is 0.311 e. The molecule has 0 aliphatic rings. The summed E-state index contributed by atoms with van der Waals surface area (Å²) in [6.07, 6.45) is 1.24. The standard InChI is InChI=1S/C20H16N4O7/c1-13-5-7-19(17(9-13)24(28)29)30-12-20(25)22-21-11-16-6-8-18(31-16)14-3-2-4-15(10-14)23(26)27/h2-11H,12H2,1H3,(H,22,25). The lowest BCUT2D eigenvalue weighted by molar-refractivity contribution is -0.385. The molecule has 0 saturated carbocycles. The van der Waals surface area contributed by atoms with Gasteiger partial charge in [0, 0.05) is 23.8 Å². The van der Waals surface area contributed by atoms with Crippen LogP contribution in [0.5, 0.6) is 5.75 Å². The Morgan fingerprint density at radius 2 is 1.94 bits per heavy atom. The number of hydrogen-bond donors (Lipinski definition) is 1. The van der Waals surface area contributed by atoms with Gasteiger partial charge in [0.15, 0.2) is 12.4 Å². The van der Waals surface area contributed by atoms with Gasteiger partial charge in [0.05, 0.1) is 16.1 Å². The van der Waals surface area contributed by atoms with Gasteiger partial charge in [-0.05, 0) is 30.7 Å². The van der Waals surface area contributed by atoms with E-state index in [2.05, 4.69) is 10.5 Å². The molecule has 0 fully saturated rings. The van der Waals surface area contributed by atoms with Gasteiger partial charge in [0.25, 0.3) is 11.6 Å². The van der Waals surface area contributed by atoms with Crippen LogP contribution in [0.2, 0.25) is 0 Å². The molecule has 0 radical (unpaired) electrons. The van der Waals surface area contributed by atoms with Crippen LogP contribution in [-0.4, -0.2) is 28.6 Å². The molecular formula is C20H16N4O7. The maximum Gasteiger partial charge on any atom is 0.311 e. The van der Waals surface area contributed by atoms with Crippen LogP contribution in [0.15, 0.2) is 64.1 Å². The van der Waals surface area contributed by atoms with Crippen molar-refractivity contribution in [3.05, 3.63) is 86.1 Å². The molecule has 0 aliphatic heterocycles. The number of aryl methyl sites for hydroxylation is 1. The number of nitro benzene ring substituents is 2. The number of nitro groups is 2. The number of benzene rings is 2. The number of nitrogens with zero attached hydrogens (tertiary/aromatic N) is 3. The van der Waals surface area contributed by atoms with Crippen LogP contribution in [0.3, 0.4) is 0 Å². The third-order valence-electron chi connectivity index (χ3n) is 4.02. The van der Waals surface area contributed by atoms with Gasteiger partial charge in [-0.25, -0.2) is 5.43 Å². The number of amides is 1. The number of nitrogens with one attached hydrogen (secondary N) is 1. The van der Waals surface area contributed by atoms with Gasteiger partial charge in [0.2, 0.25) is 0 Å². The van der Waals surface area contributed by atoms with Crippen molar-refractivity contribution < 1.29 is 23.8 Å². The summed E-state index contributed by atoms with van der Waals surface area (Å²) in [6.45, 7) is 1.23. The first kappa shape index (κ1) is 21.2. The molecule has 31 heavy (non-hydrogen) atoms. The lowest BCUT2D eigenvalue weighted by Crippen LogP contribution is -2.24. The van der Waals surface area contributed by atoms with Crippen molar-refractivity contribution in [2.75, 3.05) is 6.61 Å². The van der Waals surface area contributed by atoms with Crippen LogP contribution in [0.1, 0.15) is 11.3 Å². The summed E-state index contributed by atoms with van der Waals surface area (Å²) in [5.74, 6) is 0.0438. The fourth-order valence-electron chi connectivity index (χ4n) is 2.59. The largest absolute Gasteiger partial charge is 0.477 e. The Kier molecular flexibility index (Phi) is 6.36. The number of carbonyl (C=O) groups is 1. The highest BCUT2D eigenvalue weighted by atomic mass is 16.6. The van der Waals surface area contributed by atoms with Gasteiger partial charge in [-0.2, -0.15) is 5.10 Å². The van der Waals surface area contributed by atoms with Crippen LogP contribution in [-0.2, 0) is 4.79 Å². The van der Waals surface area contributed by atoms with Crippen molar-refractivity contribution in [3.63, 3.8) is 0 Å². The van der Waals surface area contributed by atoms with Crippen LogP contribution in [0, 0.1) is 27.2 Å². The summed E-state index contributed by atoms with van der Waals surface area (Å²) >= 11 is 0. The maximum absolute atomic E-state index is 11.9. The lowest BCUT2D eigenvalue weighted by Gasteiger charge is -2.06. The van der Waals surface area contributed by atoms with Crippen molar-refractivity contribution in [2.24, 2.45) is 5.10 Å². The fraction of sp³-hybridized carbons (Fsp3) is 0.100. The molecule has 11 nitrogen and oxygen atoms in total. The van der Waals surface area contributed by atoms with Gasteiger partial charge in [-0.1, -0.05) is 18.2 Å². The number of furan rings is 1. The molecule has 1 N–H and O–H groups in total. The van der Waals surface area contributed by atoms with Gasteiger partial charge < -0.3 is 9.15 Å². The molecule has 0 saturated heterocycles. The van der Waals surface area contributed by atoms with Crippen molar-refractivity contribution in [2.45, 2.75) is 6.92 Å². The summed E-state index contributed by atoms with van der Waals surface area (Å²) in [4.78, 5) is 32.7. The first-order valence-electron chi connectivity index (χ1n) is 8.88. The number of non-ortho nitro benzene ring substituents is 1. The molecular weight excluding hydrogens is 408 g/mol. The predicted molar refractivity (Wildman–Crippen MR) is 110 cm³/mol. The van der Waals surface area contributed by atoms with Crippen LogP contribution in [0.4, 0.5) is 11.4 Å². The molecule has 0 aliphatic carbocycles. The first-order chi connectivity index (χ1) is 14.8.